The summed E-state index contributed by atoms with van der Waals surface area (Å²) in [5.74, 6) is 0.996. The molecular weight excluding hydrogens is 380 g/mol. The highest BCUT2D eigenvalue weighted by molar-refractivity contribution is 7.92. The fourth-order valence-electron chi connectivity index (χ4n) is 2.52. The number of hydrogen-bond acceptors (Lipinski definition) is 5. The molecule has 0 bridgehead atoms. The van der Waals surface area contributed by atoms with E-state index in [1.54, 1.807) is 24.3 Å². The van der Waals surface area contributed by atoms with Crippen LogP contribution in [0.5, 0.6) is 11.5 Å². The van der Waals surface area contributed by atoms with Crippen molar-refractivity contribution in [1.82, 2.24) is 5.32 Å². The van der Waals surface area contributed by atoms with E-state index in [9.17, 15) is 13.2 Å². The van der Waals surface area contributed by atoms with Crippen LogP contribution in [0.4, 0.5) is 5.69 Å². The Kier molecular flexibility index (Phi) is 7.28. The van der Waals surface area contributed by atoms with Crippen molar-refractivity contribution in [2.75, 3.05) is 37.4 Å². The molecule has 1 amide bonds. The van der Waals surface area contributed by atoms with Crippen molar-refractivity contribution in [3.05, 3.63) is 53.6 Å². The van der Waals surface area contributed by atoms with Gasteiger partial charge in [0.25, 0.3) is 5.91 Å². The number of amides is 1. The molecule has 0 aliphatic rings. The fraction of sp³-hybridized carbons (Fsp3) is 0.350. The zero-order valence-corrected chi connectivity index (χ0v) is 17.4. The van der Waals surface area contributed by atoms with Crippen LogP contribution in [-0.2, 0) is 14.8 Å². The minimum absolute atomic E-state index is 0.134. The van der Waals surface area contributed by atoms with Crippen molar-refractivity contribution in [3.63, 3.8) is 0 Å². The van der Waals surface area contributed by atoms with E-state index < -0.39 is 10.0 Å². The molecular formula is C20H26N2O5S. The van der Waals surface area contributed by atoms with Crippen molar-refractivity contribution in [1.29, 1.82) is 0 Å². The number of nitrogens with zero attached hydrogens (tertiary/aromatic N) is 1. The molecule has 2 rings (SSSR count). The van der Waals surface area contributed by atoms with Crippen LogP contribution in [0.1, 0.15) is 11.1 Å². The van der Waals surface area contributed by atoms with Gasteiger partial charge >= 0.3 is 0 Å². The van der Waals surface area contributed by atoms with Crippen LogP contribution in [0.15, 0.2) is 42.5 Å². The lowest BCUT2D eigenvalue weighted by Gasteiger charge is -2.16. The lowest BCUT2D eigenvalue weighted by Crippen LogP contribution is -2.32. The van der Waals surface area contributed by atoms with Gasteiger partial charge in [0.1, 0.15) is 18.1 Å². The number of ether oxygens (including phenoxy) is 2. The summed E-state index contributed by atoms with van der Waals surface area (Å²) in [6, 6.07) is 12.4. The number of hydrogen-bond donors (Lipinski definition) is 1. The van der Waals surface area contributed by atoms with Gasteiger partial charge in [0.2, 0.25) is 10.0 Å². The molecule has 0 spiro atoms. The van der Waals surface area contributed by atoms with Crippen LogP contribution in [0, 0.1) is 13.8 Å². The smallest absolute Gasteiger partial charge is 0.258 e. The Bertz CT molecular complexity index is 890. The highest BCUT2D eigenvalue weighted by atomic mass is 32.2. The fourth-order valence-corrected chi connectivity index (χ4v) is 3.02. The van der Waals surface area contributed by atoms with Gasteiger partial charge in [0.05, 0.1) is 18.5 Å². The second-order valence-electron chi connectivity index (χ2n) is 6.53. The molecule has 8 heteroatoms. The average Bonchev–Trinajstić information content (AvgIpc) is 2.62. The van der Waals surface area contributed by atoms with Crippen LogP contribution in [0.3, 0.4) is 0 Å². The van der Waals surface area contributed by atoms with Crippen molar-refractivity contribution < 1.29 is 22.7 Å². The van der Waals surface area contributed by atoms with Crippen LogP contribution in [0.2, 0.25) is 0 Å². The molecule has 0 aliphatic carbocycles. The first-order valence-corrected chi connectivity index (χ1v) is 10.6. The largest absolute Gasteiger partial charge is 0.492 e. The second-order valence-corrected chi connectivity index (χ2v) is 8.55. The summed E-state index contributed by atoms with van der Waals surface area (Å²) in [5.41, 5.74) is 2.77. The molecule has 7 nitrogen and oxygen atoms in total. The predicted molar refractivity (Wildman–Crippen MR) is 110 cm³/mol. The number of nitrogens with one attached hydrogen (secondary N) is 1. The molecule has 2 aromatic rings. The molecule has 2 aromatic carbocycles. The van der Waals surface area contributed by atoms with Gasteiger partial charge in [-0.3, -0.25) is 9.10 Å². The van der Waals surface area contributed by atoms with Crippen LogP contribution in [0.25, 0.3) is 0 Å². The Morgan fingerprint density at radius 1 is 1.00 bits per heavy atom. The van der Waals surface area contributed by atoms with Gasteiger partial charge in [-0.25, -0.2) is 8.42 Å². The number of sulfonamides is 1. The third kappa shape index (κ3) is 6.77. The first-order valence-electron chi connectivity index (χ1n) is 8.80. The minimum Gasteiger partial charge on any atom is -0.492 e. The number of carbonyl (C=O) groups excluding carboxylic acids is 1. The molecule has 152 valence electrons. The summed E-state index contributed by atoms with van der Waals surface area (Å²) in [4.78, 5) is 11.9. The summed E-state index contributed by atoms with van der Waals surface area (Å²) < 4.78 is 35.2. The van der Waals surface area contributed by atoms with E-state index >= 15 is 0 Å². The average molecular weight is 407 g/mol. The summed E-state index contributed by atoms with van der Waals surface area (Å²) in [7, 11) is -1.84. The zero-order chi connectivity index (χ0) is 20.7. The van der Waals surface area contributed by atoms with Crippen molar-refractivity contribution in [2.45, 2.75) is 13.8 Å². The van der Waals surface area contributed by atoms with Gasteiger partial charge in [-0.05, 0) is 61.4 Å². The van der Waals surface area contributed by atoms with Gasteiger partial charge in [0.15, 0.2) is 6.61 Å². The lowest BCUT2D eigenvalue weighted by molar-refractivity contribution is -0.123. The van der Waals surface area contributed by atoms with Crippen molar-refractivity contribution in [2.24, 2.45) is 0 Å². The Balaban J connectivity index is 1.72. The molecule has 0 atom stereocenters. The SMILES string of the molecule is Cc1cc(C)cc(OCCNC(=O)COc2ccc(N(C)S(C)(=O)=O)cc2)c1. The molecule has 0 saturated carbocycles. The van der Waals surface area contributed by atoms with E-state index in [2.05, 4.69) is 11.4 Å². The van der Waals surface area contributed by atoms with Gasteiger partial charge in [0, 0.05) is 7.05 Å². The highest BCUT2D eigenvalue weighted by Crippen LogP contribution is 2.20. The molecule has 0 fully saturated rings. The Morgan fingerprint density at radius 2 is 1.61 bits per heavy atom. The first-order chi connectivity index (χ1) is 13.1. The zero-order valence-electron chi connectivity index (χ0n) is 16.6. The number of benzene rings is 2. The van der Waals surface area contributed by atoms with Gasteiger partial charge in [-0.2, -0.15) is 0 Å². The molecule has 0 saturated heterocycles. The lowest BCUT2D eigenvalue weighted by atomic mass is 10.1. The van der Waals surface area contributed by atoms with Crippen molar-refractivity contribution in [3.8, 4) is 11.5 Å². The molecule has 0 unspecified atom stereocenters. The maximum atomic E-state index is 11.9. The van der Waals surface area contributed by atoms with Gasteiger partial charge in [-0.15, -0.1) is 0 Å². The van der Waals surface area contributed by atoms with E-state index in [0.29, 0.717) is 24.6 Å². The maximum absolute atomic E-state index is 11.9. The summed E-state index contributed by atoms with van der Waals surface area (Å²) in [6.07, 6.45) is 1.13. The summed E-state index contributed by atoms with van der Waals surface area (Å²) in [5, 5.41) is 2.73. The Labute approximate surface area is 166 Å². The molecule has 1 N–H and O–H groups in total. The number of aryl methyl sites for hydroxylation is 2. The minimum atomic E-state index is -3.32. The van der Waals surface area contributed by atoms with Gasteiger partial charge in [-0.1, -0.05) is 6.07 Å². The van der Waals surface area contributed by atoms with Gasteiger partial charge < -0.3 is 14.8 Å². The first kappa shape index (κ1) is 21.6. The third-order valence-corrected chi connectivity index (χ3v) is 5.16. The molecule has 0 aromatic heterocycles. The number of carbonyl (C=O) groups is 1. The van der Waals surface area contributed by atoms with E-state index in [1.165, 1.54) is 11.4 Å². The van der Waals surface area contributed by atoms with Crippen LogP contribution in [-0.4, -0.2) is 47.4 Å². The maximum Gasteiger partial charge on any atom is 0.258 e. The van der Waals surface area contributed by atoms with Crippen LogP contribution < -0.4 is 19.1 Å². The normalized spacial score (nSPS) is 11.0. The summed E-state index contributed by atoms with van der Waals surface area (Å²) in [6.45, 7) is 4.61. The Morgan fingerprint density at radius 3 is 2.18 bits per heavy atom. The summed E-state index contributed by atoms with van der Waals surface area (Å²) >= 11 is 0. The molecule has 0 radical (unpaired) electrons. The van der Waals surface area contributed by atoms with E-state index in [0.717, 1.165) is 23.1 Å². The number of anilines is 1. The standard InChI is InChI=1S/C20H26N2O5S/c1-15-11-16(2)13-19(12-15)26-10-9-21-20(23)14-27-18-7-5-17(6-8-18)22(3)28(4,24)25/h5-8,11-13H,9-10,14H2,1-4H3,(H,21,23). The molecule has 28 heavy (non-hydrogen) atoms. The second kappa shape index (κ2) is 9.45. The van der Waals surface area contributed by atoms with E-state index in [-0.39, 0.29) is 12.5 Å². The molecule has 0 heterocycles. The van der Waals surface area contributed by atoms with E-state index in [4.69, 9.17) is 9.47 Å². The van der Waals surface area contributed by atoms with Crippen molar-refractivity contribution >= 4 is 21.6 Å². The molecule has 0 aliphatic heterocycles. The monoisotopic (exact) mass is 406 g/mol. The quantitative estimate of drug-likeness (QED) is 0.646. The predicted octanol–water partition coefficient (Wildman–Crippen LogP) is 2.27. The van der Waals surface area contributed by atoms with Crippen LogP contribution >= 0.6 is 0 Å². The van der Waals surface area contributed by atoms with E-state index in [1.807, 2.05) is 26.0 Å². The topological polar surface area (TPSA) is 84.9 Å². The Hall–Kier alpha value is -2.74. The number of rotatable bonds is 9. The third-order valence-electron chi connectivity index (χ3n) is 3.96. The highest BCUT2D eigenvalue weighted by Gasteiger charge is 2.11.